The molecule has 1 atom stereocenters. The Morgan fingerprint density at radius 3 is 2.67 bits per heavy atom. The largest absolute Gasteiger partial charge is 0.378 e. The van der Waals surface area contributed by atoms with Gasteiger partial charge < -0.3 is 4.74 Å². The van der Waals surface area contributed by atoms with E-state index in [2.05, 4.69) is 9.71 Å². The molecule has 102 valence electrons. The van der Waals surface area contributed by atoms with Gasteiger partial charge in [-0.3, -0.25) is 4.98 Å². The van der Waals surface area contributed by atoms with Gasteiger partial charge in [-0.1, -0.05) is 6.07 Å². The first kappa shape index (κ1) is 15.1. The Morgan fingerprint density at radius 2 is 2.11 bits per heavy atom. The molecule has 0 aliphatic rings. The van der Waals surface area contributed by atoms with Crippen LogP contribution < -0.4 is 4.72 Å². The average molecular weight is 272 g/mol. The van der Waals surface area contributed by atoms with Crippen LogP contribution in [0.5, 0.6) is 0 Å². The fourth-order valence-electron chi connectivity index (χ4n) is 1.42. The Kier molecular flexibility index (Phi) is 5.71. The van der Waals surface area contributed by atoms with Crippen LogP contribution in [0.25, 0.3) is 0 Å². The summed E-state index contributed by atoms with van der Waals surface area (Å²) in [5.41, 5.74) is 0.839. The minimum atomic E-state index is -3.33. The summed E-state index contributed by atoms with van der Waals surface area (Å²) in [4.78, 5) is 3.96. The lowest BCUT2D eigenvalue weighted by Crippen LogP contribution is -2.31. The number of nitrogens with one attached hydrogen (secondary N) is 1. The molecule has 1 aromatic heterocycles. The first-order valence-corrected chi connectivity index (χ1v) is 7.57. The van der Waals surface area contributed by atoms with Crippen LogP contribution in [0, 0.1) is 0 Å². The molecule has 1 unspecified atom stereocenters. The molecule has 0 aliphatic heterocycles. The lowest BCUT2D eigenvalue weighted by atomic mass is 10.2. The van der Waals surface area contributed by atoms with Gasteiger partial charge in [0.15, 0.2) is 0 Å². The van der Waals surface area contributed by atoms with Gasteiger partial charge in [-0.05, 0) is 32.4 Å². The molecule has 1 N–H and O–H groups in total. The molecule has 0 amide bonds. The van der Waals surface area contributed by atoms with Crippen molar-refractivity contribution in [1.82, 2.24) is 9.71 Å². The second-order valence-corrected chi connectivity index (χ2v) is 6.24. The van der Waals surface area contributed by atoms with E-state index in [1.54, 1.807) is 25.4 Å². The molecule has 0 fully saturated rings. The molecule has 0 radical (unpaired) electrons. The minimum Gasteiger partial charge on any atom is -0.378 e. The van der Waals surface area contributed by atoms with E-state index in [0.29, 0.717) is 0 Å². The highest BCUT2D eigenvalue weighted by atomic mass is 32.2. The van der Waals surface area contributed by atoms with Crippen LogP contribution in [-0.2, 0) is 14.8 Å². The van der Waals surface area contributed by atoms with E-state index in [9.17, 15) is 8.42 Å². The Hall–Kier alpha value is -0.980. The molecule has 1 aromatic rings. The van der Waals surface area contributed by atoms with Gasteiger partial charge in [-0.25, -0.2) is 13.1 Å². The second kappa shape index (κ2) is 6.82. The summed E-state index contributed by atoms with van der Waals surface area (Å²) >= 11 is 0. The number of hydrogen-bond donors (Lipinski definition) is 1. The lowest BCUT2D eigenvalue weighted by molar-refractivity contribution is 0.0911. The summed E-state index contributed by atoms with van der Waals surface area (Å²) in [6.07, 6.45) is 3.34. The van der Waals surface area contributed by atoms with Crippen LogP contribution >= 0.6 is 0 Å². The predicted octanol–water partition coefficient (Wildman–Crippen LogP) is 1.49. The highest BCUT2D eigenvalue weighted by Gasteiger charge is 2.15. The molecule has 0 aromatic carbocycles. The van der Waals surface area contributed by atoms with Crippen molar-refractivity contribution in [2.24, 2.45) is 0 Å². The summed E-state index contributed by atoms with van der Waals surface area (Å²) in [6.45, 7) is 5.74. The van der Waals surface area contributed by atoms with E-state index in [4.69, 9.17) is 4.74 Å². The molecule has 1 heterocycles. The maximum absolute atomic E-state index is 11.8. The highest BCUT2D eigenvalue weighted by molar-refractivity contribution is 7.89. The topological polar surface area (TPSA) is 68.3 Å². The van der Waals surface area contributed by atoms with Crippen LogP contribution in [-0.4, -0.2) is 31.9 Å². The zero-order valence-electron chi connectivity index (χ0n) is 11.0. The van der Waals surface area contributed by atoms with Gasteiger partial charge in [0.1, 0.15) is 0 Å². The molecular weight excluding hydrogens is 252 g/mol. The number of hydrogen-bond acceptors (Lipinski definition) is 4. The maximum Gasteiger partial charge on any atom is 0.214 e. The molecule has 1 rings (SSSR count). The third kappa shape index (κ3) is 5.57. The average Bonchev–Trinajstić information content (AvgIpc) is 2.28. The Bertz CT molecular complexity index is 446. The number of rotatable bonds is 7. The van der Waals surface area contributed by atoms with Crippen molar-refractivity contribution in [2.45, 2.75) is 32.9 Å². The Morgan fingerprint density at radius 1 is 1.39 bits per heavy atom. The van der Waals surface area contributed by atoms with Crippen molar-refractivity contribution in [1.29, 1.82) is 0 Å². The zero-order valence-corrected chi connectivity index (χ0v) is 11.8. The summed E-state index contributed by atoms with van der Waals surface area (Å²) in [7, 11) is -3.33. The number of pyridine rings is 1. The molecule has 0 aliphatic carbocycles. The molecule has 5 nitrogen and oxygen atoms in total. The third-order valence-electron chi connectivity index (χ3n) is 2.34. The Balaban J connectivity index is 2.50. The fourth-order valence-corrected chi connectivity index (χ4v) is 2.53. The minimum absolute atomic E-state index is 0.0320. The summed E-state index contributed by atoms with van der Waals surface area (Å²) in [6, 6.07) is 3.33. The SMILES string of the molecule is CC(C)OCCS(=O)(=O)NC(C)c1cccnc1. The second-order valence-electron chi connectivity index (χ2n) is 4.36. The van der Waals surface area contributed by atoms with E-state index in [1.807, 2.05) is 19.9 Å². The molecule has 6 heteroatoms. The number of sulfonamides is 1. The van der Waals surface area contributed by atoms with Crippen molar-refractivity contribution in [3.8, 4) is 0 Å². The molecule has 18 heavy (non-hydrogen) atoms. The van der Waals surface area contributed by atoms with Crippen LogP contribution in [0.2, 0.25) is 0 Å². The van der Waals surface area contributed by atoms with Gasteiger partial charge in [-0.2, -0.15) is 0 Å². The van der Waals surface area contributed by atoms with Crippen molar-refractivity contribution in [3.05, 3.63) is 30.1 Å². The van der Waals surface area contributed by atoms with Crippen LogP contribution in [0.4, 0.5) is 0 Å². The lowest BCUT2D eigenvalue weighted by Gasteiger charge is -2.14. The number of nitrogens with zero attached hydrogens (tertiary/aromatic N) is 1. The van der Waals surface area contributed by atoms with Gasteiger partial charge in [0, 0.05) is 18.4 Å². The first-order valence-electron chi connectivity index (χ1n) is 5.92. The van der Waals surface area contributed by atoms with Crippen LogP contribution in [0.15, 0.2) is 24.5 Å². The monoisotopic (exact) mass is 272 g/mol. The predicted molar refractivity (Wildman–Crippen MR) is 70.7 cm³/mol. The van der Waals surface area contributed by atoms with E-state index < -0.39 is 10.0 Å². The van der Waals surface area contributed by atoms with Crippen molar-refractivity contribution in [2.75, 3.05) is 12.4 Å². The van der Waals surface area contributed by atoms with E-state index in [0.717, 1.165) is 5.56 Å². The van der Waals surface area contributed by atoms with Gasteiger partial charge in [0.05, 0.1) is 18.5 Å². The molecule has 0 saturated heterocycles. The van der Waals surface area contributed by atoms with E-state index >= 15 is 0 Å². The highest BCUT2D eigenvalue weighted by Crippen LogP contribution is 2.11. The van der Waals surface area contributed by atoms with Crippen molar-refractivity contribution >= 4 is 10.0 Å². The van der Waals surface area contributed by atoms with Gasteiger partial charge in [0.25, 0.3) is 0 Å². The van der Waals surface area contributed by atoms with Gasteiger partial charge in [-0.15, -0.1) is 0 Å². The van der Waals surface area contributed by atoms with Gasteiger partial charge in [0.2, 0.25) is 10.0 Å². The van der Waals surface area contributed by atoms with E-state index in [-0.39, 0.29) is 24.5 Å². The third-order valence-corrected chi connectivity index (χ3v) is 3.76. The molecule has 0 spiro atoms. The maximum atomic E-state index is 11.8. The quantitative estimate of drug-likeness (QED) is 0.816. The van der Waals surface area contributed by atoms with Gasteiger partial charge >= 0.3 is 0 Å². The summed E-state index contributed by atoms with van der Waals surface area (Å²) in [5.74, 6) is -0.0320. The van der Waals surface area contributed by atoms with Crippen molar-refractivity contribution in [3.63, 3.8) is 0 Å². The standard InChI is InChI=1S/C12H20N2O3S/c1-10(2)17-7-8-18(15,16)14-11(3)12-5-4-6-13-9-12/h4-6,9-11,14H,7-8H2,1-3H3. The smallest absolute Gasteiger partial charge is 0.214 e. The summed E-state index contributed by atoms with van der Waals surface area (Å²) in [5, 5.41) is 0. The summed E-state index contributed by atoms with van der Waals surface area (Å²) < 4.78 is 31.4. The van der Waals surface area contributed by atoms with Crippen LogP contribution in [0.1, 0.15) is 32.4 Å². The molecule has 0 saturated carbocycles. The molecular formula is C12H20N2O3S. The normalized spacial score (nSPS) is 13.8. The van der Waals surface area contributed by atoms with Crippen LogP contribution in [0.3, 0.4) is 0 Å². The fraction of sp³-hybridized carbons (Fsp3) is 0.583. The van der Waals surface area contributed by atoms with E-state index in [1.165, 1.54) is 0 Å². The number of ether oxygens (including phenoxy) is 1. The first-order chi connectivity index (χ1) is 8.41. The molecule has 0 bridgehead atoms. The Labute approximate surface area is 109 Å². The zero-order chi connectivity index (χ0) is 13.6. The van der Waals surface area contributed by atoms with Crippen molar-refractivity contribution < 1.29 is 13.2 Å². The number of aromatic nitrogens is 1.